The van der Waals surface area contributed by atoms with E-state index in [2.05, 4.69) is 0 Å². The van der Waals surface area contributed by atoms with Crippen molar-refractivity contribution >= 4 is 15.8 Å². The topological polar surface area (TPSA) is 71.4 Å². The largest absolute Gasteiger partial charge is 0.480 e. The summed E-state index contributed by atoms with van der Waals surface area (Å²) in [6.45, 7) is 7.49. The van der Waals surface area contributed by atoms with Crippen molar-refractivity contribution in [1.82, 2.24) is 0 Å². The molecular formula is C15H22O4S. The van der Waals surface area contributed by atoms with E-state index in [4.69, 9.17) is 5.11 Å². The summed E-state index contributed by atoms with van der Waals surface area (Å²) in [5.41, 5.74) is 1.68. The summed E-state index contributed by atoms with van der Waals surface area (Å²) in [4.78, 5) is 11.3. The molecule has 0 spiro atoms. The zero-order valence-corrected chi connectivity index (χ0v) is 13.2. The highest BCUT2D eigenvalue weighted by Crippen LogP contribution is 2.25. The molecule has 0 amide bonds. The molecule has 1 aromatic rings. The highest BCUT2D eigenvalue weighted by atomic mass is 32.2. The van der Waals surface area contributed by atoms with Crippen LogP contribution in [0.4, 0.5) is 0 Å². The number of carboxylic acids is 1. The first-order chi connectivity index (χ1) is 9.20. The third-order valence-corrected chi connectivity index (χ3v) is 5.47. The van der Waals surface area contributed by atoms with Gasteiger partial charge in [-0.3, -0.25) is 4.79 Å². The number of sulfone groups is 1. The molecule has 0 aliphatic carbocycles. The van der Waals surface area contributed by atoms with Gasteiger partial charge >= 0.3 is 5.97 Å². The summed E-state index contributed by atoms with van der Waals surface area (Å²) < 4.78 is 25.1. The van der Waals surface area contributed by atoms with E-state index < -0.39 is 21.1 Å². The van der Waals surface area contributed by atoms with Crippen LogP contribution in [0.25, 0.3) is 0 Å². The number of hydrogen-bond donors (Lipinski definition) is 1. The van der Waals surface area contributed by atoms with Crippen molar-refractivity contribution in [2.45, 2.75) is 50.7 Å². The predicted molar refractivity (Wildman–Crippen MR) is 78.6 cm³/mol. The molecule has 0 aliphatic heterocycles. The molecule has 1 N–H and O–H groups in total. The fourth-order valence-electron chi connectivity index (χ4n) is 2.27. The van der Waals surface area contributed by atoms with Crippen LogP contribution in [0.1, 0.15) is 38.3 Å². The molecule has 0 unspecified atom stereocenters. The fraction of sp³-hybridized carbons (Fsp3) is 0.533. The highest BCUT2D eigenvalue weighted by Gasteiger charge is 2.33. The Morgan fingerprint density at radius 2 is 1.90 bits per heavy atom. The van der Waals surface area contributed by atoms with E-state index in [1.165, 1.54) is 6.07 Å². The lowest BCUT2D eigenvalue weighted by atomic mass is 10.0. The molecule has 112 valence electrons. The van der Waals surface area contributed by atoms with Gasteiger partial charge in [0.05, 0.1) is 4.90 Å². The van der Waals surface area contributed by atoms with Crippen molar-refractivity contribution in [1.29, 1.82) is 0 Å². The molecule has 0 heterocycles. The van der Waals surface area contributed by atoms with Crippen LogP contribution < -0.4 is 0 Å². The lowest BCUT2D eigenvalue weighted by Crippen LogP contribution is -2.30. The second kappa shape index (κ2) is 6.39. The number of carbonyl (C=O) groups is 1. The quantitative estimate of drug-likeness (QED) is 0.876. The Kier molecular flexibility index (Phi) is 5.34. The number of hydrogen-bond acceptors (Lipinski definition) is 3. The lowest BCUT2D eigenvalue weighted by Gasteiger charge is -2.16. The Morgan fingerprint density at radius 3 is 2.35 bits per heavy atom. The van der Waals surface area contributed by atoms with Crippen LogP contribution in [0.15, 0.2) is 23.1 Å². The third kappa shape index (κ3) is 3.60. The van der Waals surface area contributed by atoms with Crippen LogP contribution in [-0.4, -0.2) is 24.7 Å². The van der Waals surface area contributed by atoms with Crippen molar-refractivity contribution < 1.29 is 18.3 Å². The van der Waals surface area contributed by atoms with Crippen LogP contribution in [0.5, 0.6) is 0 Å². The van der Waals surface area contributed by atoms with Gasteiger partial charge in [-0.25, -0.2) is 8.42 Å². The molecule has 1 rings (SSSR count). The molecule has 20 heavy (non-hydrogen) atoms. The first-order valence-corrected chi connectivity index (χ1v) is 8.31. The van der Waals surface area contributed by atoms with E-state index in [0.29, 0.717) is 17.9 Å². The molecule has 5 heteroatoms. The normalized spacial score (nSPS) is 13.4. The van der Waals surface area contributed by atoms with E-state index in [0.717, 1.165) is 5.56 Å². The van der Waals surface area contributed by atoms with Crippen molar-refractivity contribution in [2.24, 2.45) is 5.92 Å². The Morgan fingerprint density at radius 1 is 1.30 bits per heavy atom. The maximum Gasteiger partial charge on any atom is 0.322 e. The van der Waals surface area contributed by atoms with Crippen LogP contribution in [0.3, 0.4) is 0 Å². The molecule has 0 aromatic heterocycles. The maximum atomic E-state index is 12.5. The molecule has 0 fully saturated rings. The summed E-state index contributed by atoms with van der Waals surface area (Å²) in [6.07, 6.45) is 0.680. The minimum Gasteiger partial charge on any atom is -0.480 e. The summed E-state index contributed by atoms with van der Waals surface area (Å²) in [6, 6.07) is 5.08. The van der Waals surface area contributed by atoms with Gasteiger partial charge in [-0.15, -0.1) is 0 Å². The Labute approximate surface area is 120 Å². The SMILES string of the molecule is CC[C@@H](C(=O)O)S(=O)(=O)c1ccc(C)cc1CC(C)C. The Balaban J connectivity index is 3.41. The zero-order chi connectivity index (χ0) is 15.5. The number of aliphatic carboxylic acids is 1. The highest BCUT2D eigenvalue weighted by molar-refractivity contribution is 7.92. The minimum atomic E-state index is -3.84. The zero-order valence-electron chi connectivity index (χ0n) is 12.4. The minimum absolute atomic E-state index is 0.0622. The molecule has 1 atom stereocenters. The fourth-order valence-corrected chi connectivity index (χ4v) is 4.04. The van der Waals surface area contributed by atoms with Crippen LogP contribution in [0.2, 0.25) is 0 Å². The maximum absolute atomic E-state index is 12.5. The molecule has 0 radical (unpaired) electrons. The van der Waals surface area contributed by atoms with E-state index >= 15 is 0 Å². The van der Waals surface area contributed by atoms with E-state index in [1.54, 1.807) is 13.0 Å². The monoisotopic (exact) mass is 298 g/mol. The lowest BCUT2D eigenvalue weighted by molar-refractivity contribution is -0.136. The van der Waals surface area contributed by atoms with Gasteiger partial charge < -0.3 is 5.11 Å². The van der Waals surface area contributed by atoms with Crippen molar-refractivity contribution in [3.05, 3.63) is 29.3 Å². The molecule has 0 aliphatic rings. The van der Waals surface area contributed by atoms with Gasteiger partial charge in [0.2, 0.25) is 0 Å². The molecule has 0 bridgehead atoms. The summed E-state index contributed by atoms with van der Waals surface area (Å²) >= 11 is 0. The second-order valence-corrected chi connectivity index (χ2v) is 7.59. The first kappa shape index (κ1) is 16.7. The number of benzene rings is 1. The van der Waals surface area contributed by atoms with Crippen LogP contribution >= 0.6 is 0 Å². The second-order valence-electron chi connectivity index (χ2n) is 5.49. The van der Waals surface area contributed by atoms with Crippen LogP contribution in [-0.2, 0) is 21.1 Å². The summed E-state index contributed by atoms with van der Waals surface area (Å²) in [7, 11) is -3.84. The predicted octanol–water partition coefficient (Wildman–Crippen LogP) is 2.83. The third-order valence-electron chi connectivity index (χ3n) is 3.17. The van der Waals surface area contributed by atoms with Crippen LogP contribution in [0, 0.1) is 12.8 Å². The van der Waals surface area contributed by atoms with Crippen molar-refractivity contribution in [2.75, 3.05) is 0 Å². The Hall–Kier alpha value is -1.36. The number of carboxylic acid groups (broad SMARTS) is 1. The average molecular weight is 298 g/mol. The van der Waals surface area contributed by atoms with E-state index in [9.17, 15) is 13.2 Å². The van der Waals surface area contributed by atoms with Gasteiger partial charge in [-0.05, 0) is 37.3 Å². The van der Waals surface area contributed by atoms with Crippen molar-refractivity contribution in [3.8, 4) is 0 Å². The average Bonchev–Trinajstić information content (AvgIpc) is 2.27. The van der Waals surface area contributed by atoms with E-state index in [1.807, 2.05) is 26.8 Å². The Bertz CT molecular complexity index is 588. The van der Waals surface area contributed by atoms with Gasteiger partial charge in [0.1, 0.15) is 0 Å². The molecular weight excluding hydrogens is 276 g/mol. The molecule has 1 aromatic carbocycles. The van der Waals surface area contributed by atoms with E-state index in [-0.39, 0.29) is 11.3 Å². The molecule has 0 saturated heterocycles. The smallest absolute Gasteiger partial charge is 0.322 e. The van der Waals surface area contributed by atoms with Gasteiger partial charge in [-0.1, -0.05) is 38.5 Å². The number of rotatable bonds is 6. The van der Waals surface area contributed by atoms with Crippen molar-refractivity contribution in [3.63, 3.8) is 0 Å². The van der Waals surface area contributed by atoms with Gasteiger partial charge in [0, 0.05) is 0 Å². The molecule has 0 saturated carbocycles. The summed E-state index contributed by atoms with van der Waals surface area (Å²) in [5, 5.41) is 7.74. The number of aryl methyl sites for hydroxylation is 1. The molecule has 4 nitrogen and oxygen atoms in total. The van der Waals surface area contributed by atoms with Gasteiger partial charge in [0.15, 0.2) is 15.1 Å². The standard InChI is InChI=1S/C15H22O4S/c1-5-13(15(16)17)20(18,19)14-7-6-11(4)9-12(14)8-10(2)3/h6-7,9-10,13H,5,8H2,1-4H3,(H,16,17)/t13-/m0/s1. The first-order valence-electron chi connectivity index (χ1n) is 6.76. The van der Waals surface area contributed by atoms with Gasteiger partial charge in [-0.2, -0.15) is 0 Å². The summed E-state index contributed by atoms with van der Waals surface area (Å²) in [5.74, 6) is -0.987. The van der Waals surface area contributed by atoms with Gasteiger partial charge in [0.25, 0.3) is 0 Å².